The molecule has 2 aromatic rings. The molecule has 2 N–H and O–H groups in total. The van der Waals surface area contributed by atoms with Crippen molar-refractivity contribution in [3.05, 3.63) is 45.3 Å². The number of nitrogens with one attached hydrogen (secondary N) is 2. The van der Waals surface area contributed by atoms with Crippen molar-refractivity contribution in [2.24, 2.45) is 0 Å². The Labute approximate surface area is 137 Å². The van der Waals surface area contributed by atoms with Gasteiger partial charge in [0.25, 0.3) is 5.91 Å². The number of carbonyl (C=O) groups is 3. The number of aryl methyl sites for hydroxylation is 2. The molecule has 0 radical (unpaired) electrons. The number of hydrogen-bond donors (Lipinski definition) is 2. The fraction of sp³-hybridized carbons (Fsp3) is 0.294. The van der Waals surface area contributed by atoms with E-state index in [1.165, 1.54) is 0 Å². The van der Waals surface area contributed by atoms with E-state index in [1.807, 2.05) is 19.1 Å². The molecule has 1 saturated heterocycles. The average Bonchev–Trinajstić information content (AvgIpc) is 2.51. The molecule has 1 aliphatic heterocycles. The van der Waals surface area contributed by atoms with Crippen molar-refractivity contribution in [2.75, 3.05) is 0 Å². The van der Waals surface area contributed by atoms with Crippen molar-refractivity contribution >= 4 is 28.7 Å². The summed E-state index contributed by atoms with van der Waals surface area (Å²) in [7, 11) is 0. The Morgan fingerprint density at radius 1 is 1.25 bits per heavy atom. The molecule has 1 aromatic heterocycles. The van der Waals surface area contributed by atoms with Gasteiger partial charge in [0.2, 0.25) is 11.8 Å². The highest BCUT2D eigenvalue weighted by Gasteiger charge is 2.29. The molecule has 124 valence electrons. The van der Waals surface area contributed by atoms with Crippen LogP contribution in [0.4, 0.5) is 0 Å². The molecule has 7 nitrogen and oxygen atoms in total. The quantitative estimate of drug-likeness (QED) is 0.630. The number of fused-ring (bicyclic) bond motifs is 1. The van der Waals surface area contributed by atoms with Crippen LogP contribution in [0.5, 0.6) is 0 Å². The van der Waals surface area contributed by atoms with E-state index in [4.69, 9.17) is 4.42 Å². The van der Waals surface area contributed by atoms with Crippen LogP contribution in [-0.2, 0) is 9.59 Å². The van der Waals surface area contributed by atoms with Crippen molar-refractivity contribution in [1.29, 1.82) is 0 Å². The Bertz CT molecular complexity index is 928. The van der Waals surface area contributed by atoms with Gasteiger partial charge >= 0.3 is 5.63 Å². The van der Waals surface area contributed by atoms with Gasteiger partial charge in [0.05, 0.1) is 0 Å². The molecule has 1 aliphatic rings. The molecular formula is C17H16N2O5. The zero-order chi connectivity index (χ0) is 17.4. The molecule has 0 saturated carbocycles. The average molecular weight is 328 g/mol. The number of rotatable bonds is 2. The third-order valence-corrected chi connectivity index (χ3v) is 4.09. The van der Waals surface area contributed by atoms with E-state index in [0.717, 1.165) is 5.56 Å². The van der Waals surface area contributed by atoms with Gasteiger partial charge in [-0.1, -0.05) is 11.6 Å². The normalized spacial score (nSPS) is 17.7. The Balaban J connectivity index is 1.96. The number of carbonyl (C=O) groups excluding carboxylic acids is 3. The second-order valence-corrected chi connectivity index (χ2v) is 5.87. The van der Waals surface area contributed by atoms with Gasteiger partial charge in [-0.25, -0.2) is 4.79 Å². The highest BCUT2D eigenvalue weighted by atomic mass is 16.4. The number of hydrogen-bond acceptors (Lipinski definition) is 5. The molecule has 0 spiro atoms. The van der Waals surface area contributed by atoms with Crippen LogP contribution in [-0.4, -0.2) is 23.8 Å². The SMILES string of the molecule is Cc1ccc2oc(=O)c(C(=O)NC3CCC(=O)NC3=O)c(C)c2c1. The van der Waals surface area contributed by atoms with Gasteiger partial charge in [-0.2, -0.15) is 0 Å². The maximum absolute atomic E-state index is 12.5. The van der Waals surface area contributed by atoms with Crippen LogP contribution >= 0.6 is 0 Å². The minimum Gasteiger partial charge on any atom is -0.422 e. The van der Waals surface area contributed by atoms with Gasteiger partial charge in [0.15, 0.2) is 0 Å². The molecule has 3 amide bonds. The highest BCUT2D eigenvalue weighted by Crippen LogP contribution is 2.21. The summed E-state index contributed by atoms with van der Waals surface area (Å²) in [5.74, 6) is -1.63. The molecule has 2 heterocycles. The molecule has 0 bridgehead atoms. The van der Waals surface area contributed by atoms with Crippen molar-refractivity contribution in [3.63, 3.8) is 0 Å². The van der Waals surface area contributed by atoms with E-state index in [1.54, 1.807) is 13.0 Å². The summed E-state index contributed by atoms with van der Waals surface area (Å²) in [6, 6.07) is 4.48. The summed E-state index contributed by atoms with van der Waals surface area (Å²) in [5.41, 5.74) is 0.984. The smallest absolute Gasteiger partial charge is 0.349 e. The lowest BCUT2D eigenvalue weighted by atomic mass is 10.0. The molecule has 7 heteroatoms. The van der Waals surface area contributed by atoms with Crippen molar-refractivity contribution in [2.45, 2.75) is 32.7 Å². The van der Waals surface area contributed by atoms with Crippen molar-refractivity contribution in [3.8, 4) is 0 Å². The molecule has 1 atom stereocenters. The van der Waals surface area contributed by atoms with E-state index < -0.39 is 23.5 Å². The minimum absolute atomic E-state index is 0.127. The highest BCUT2D eigenvalue weighted by molar-refractivity contribution is 6.05. The van der Waals surface area contributed by atoms with Gasteiger partial charge < -0.3 is 9.73 Å². The predicted octanol–water partition coefficient (Wildman–Crippen LogP) is 0.945. The summed E-state index contributed by atoms with van der Waals surface area (Å²) >= 11 is 0. The second-order valence-electron chi connectivity index (χ2n) is 5.87. The standard InChI is InChI=1S/C17H16N2O5/c1-8-3-5-12-10(7-8)9(2)14(17(23)24-12)16(22)18-11-4-6-13(20)19-15(11)21/h3,5,7,11H,4,6H2,1-2H3,(H,18,22)(H,19,20,21). The van der Waals surface area contributed by atoms with Gasteiger partial charge in [0.1, 0.15) is 17.2 Å². The second kappa shape index (κ2) is 5.92. The lowest BCUT2D eigenvalue weighted by Crippen LogP contribution is -2.52. The number of amides is 3. The fourth-order valence-corrected chi connectivity index (χ4v) is 2.79. The lowest BCUT2D eigenvalue weighted by Gasteiger charge is -2.21. The van der Waals surface area contributed by atoms with Gasteiger partial charge in [-0.05, 0) is 38.0 Å². The first kappa shape index (κ1) is 15.9. The Morgan fingerprint density at radius 2 is 2.00 bits per heavy atom. The maximum atomic E-state index is 12.5. The van der Waals surface area contributed by atoms with E-state index >= 15 is 0 Å². The molecule has 1 fully saturated rings. The minimum atomic E-state index is -0.845. The third-order valence-electron chi connectivity index (χ3n) is 4.09. The van der Waals surface area contributed by atoms with Crippen LogP contribution < -0.4 is 16.3 Å². The van der Waals surface area contributed by atoms with Crippen LogP contribution in [0.1, 0.15) is 34.3 Å². The van der Waals surface area contributed by atoms with E-state index in [0.29, 0.717) is 16.5 Å². The third kappa shape index (κ3) is 2.80. The molecular weight excluding hydrogens is 312 g/mol. The molecule has 24 heavy (non-hydrogen) atoms. The topological polar surface area (TPSA) is 105 Å². The maximum Gasteiger partial charge on any atom is 0.349 e. The Hall–Kier alpha value is -2.96. The van der Waals surface area contributed by atoms with Gasteiger partial charge in [0, 0.05) is 11.8 Å². The van der Waals surface area contributed by atoms with Crippen LogP contribution in [0.15, 0.2) is 27.4 Å². The first-order valence-electron chi connectivity index (χ1n) is 7.55. The first-order valence-corrected chi connectivity index (χ1v) is 7.55. The fourth-order valence-electron chi connectivity index (χ4n) is 2.79. The van der Waals surface area contributed by atoms with Crippen LogP contribution in [0.3, 0.4) is 0 Å². The molecule has 1 unspecified atom stereocenters. The number of piperidine rings is 1. The summed E-state index contributed by atoms with van der Waals surface area (Å²) in [6.45, 7) is 3.56. The molecule has 3 rings (SSSR count). The predicted molar refractivity (Wildman–Crippen MR) is 85.6 cm³/mol. The van der Waals surface area contributed by atoms with Crippen molar-refractivity contribution < 1.29 is 18.8 Å². The van der Waals surface area contributed by atoms with E-state index in [-0.39, 0.29) is 24.3 Å². The monoisotopic (exact) mass is 328 g/mol. The molecule has 0 aliphatic carbocycles. The summed E-state index contributed by atoms with van der Waals surface area (Å²) in [5, 5.41) is 5.33. The zero-order valence-electron chi connectivity index (χ0n) is 13.3. The number of benzene rings is 1. The first-order chi connectivity index (χ1) is 11.4. The summed E-state index contributed by atoms with van der Waals surface area (Å²) in [4.78, 5) is 47.5. The lowest BCUT2D eigenvalue weighted by molar-refractivity contribution is -0.134. The molecule has 1 aromatic carbocycles. The van der Waals surface area contributed by atoms with E-state index in [2.05, 4.69) is 10.6 Å². The van der Waals surface area contributed by atoms with Gasteiger partial charge in [-0.3, -0.25) is 19.7 Å². The van der Waals surface area contributed by atoms with Crippen molar-refractivity contribution in [1.82, 2.24) is 10.6 Å². The Morgan fingerprint density at radius 3 is 2.71 bits per heavy atom. The summed E-state index contributed by atoms with van der Waals surface area (Å²) in [6.07, 6.45) is 0.342. The van der Waals surface area contributed by atoms with Crippen LogP contribution in [0.25, 0.3) is 11.0 Å². The van der Waals surface area contributed by atoms with Gasteiger partial charge in [-0.15, -0.1) is 0 Å². The largest absolute Gasteiger partial charge is 0.422 e. The Kier molecular flexibility index (Phi) is 3.92. The zero-order valence-corrected chi connectivity index (χ0v) is 13.3. The van der Waals surface area contributed by atoms with E-state index in [9.17, 15) is 19.2 Å². The van der Waals surface area contributed by atoms with Crippen LogP contribution in [0.2, 0.25) is 0 Å². The number of imide groups is 1. The summed E-state index contributed by atoms with van der Waals surface area (Å²) < 4.78 is 5.21. The van der Waals surface area contributed by atoms with Crippen LogP contribution in [0, 0.1) is 13.8 Å².